The molecule has 0 saturated heterocycles. The Labute approximate surface area is 369 Å². The van der Waals surface area contributed by atoms with E-state index in [4.69, 9.17) is 4.74 Å². The van der Waals surface area contributed by atoms with Crippen LogP contribution in [-0.4, -0.2) is 12.9 Å². The summed E-state index contributed by atoms with van der Waals surface area (Å²) in [6, 6.07) is 34.1. The summed E-state index contributed by atoms with van der Waals surface area (Å²) in [5.74, 6) is 1.07. The molecule has 0 N–H and O–H groups in total. The highest BCUT2D eigenvalue weighted by molar-refractivity contribution is 6.91. The Hall–Kier alpha value is -4.44. The van der Waals surface area contributed by atoms with Gasteiger partial charge in [0.15, 0.2) is 6.23 Å². The molecule has 3 aliphatic heterocycles. The topological polar surface area (TPSA) is 15.7 Å². The van der Waals surface area contributed by atoms with Crippen LogP contribution in [0.3, 0.4) is 0 Å². The van der Waals surface area contributed by atoms with Crippen molar-refractivity contribution in [2.24, 2.45) is 0 Å². The Kier molecular flexibility index (Phi) is 9.13. The van der Waals surface area contributed by atoms with Crippen LogP contribution in [0.15, 0.2) is 84.9 Å². The molecule has 3 nitrogen and oxygen atoms in total. The summed E-state index contributed by atoms with van der Waals surface area (Å²) in [6.45, 7) is 40.4. The first-order valence-corrected chi connectivity index (χ1v) is 23.2. The fourth-order valence-electron chi connectivity index (χ4n) is 10.9. The summed E-state index contributed by atoms with van der Waals surface area (Å²) in [4.78, 5) is 5.27. The van der Waals surface area contributed by atoms with E-state index in [1.54, 1.807) is 0 Å². The Balaban J connectivity index is 1.43. The van der Waals surface area contributed by atoms with E-state index in [0.29, 0.717) is 0 Å². The third-order valence-electron chi connectivity index (χ3n) is 15.0. The minimum atomic E-state index is -0.232. The van der Waals surface area contributed by atoms with Crippen LogP contribution in [0.1, 0.15) is 174 Å². The predicted molar refractivity (Wildman–Crippen MR) is 263 cm³/mol. The van der Waals surface area contributed by atoms with Crippen LogP contribution in [0.2, 0.25) is 0 Å². The van der Waals surface area contributed by atoms with Crippen LogP contribution < -0.4 is 25.5 Å². The molecule has 9 rings (SSSR count). The van der Waals surface area contributed by atoms with Crippen molar-refractivity contribution in [2.45, 2.75) is 175 Å². The summed E-state index contributed by atoms with van der Waals surface area (Å²) in [5.41, 5.74) is 20.2. The van der Waals surface area contributed by atoms with E-state index in [2.05, 4.69) is 212 Å². The summed E-state index contributed by atoms with van der Waals surface area (Å²) < 4.78 is 7.47. The van der Waals surface area contributed by atoms with Crippen molar-refractivity contribution in [2.75, 3.05) is 9.80 Å². The lowest BCUT2D eigenvalue weighted by Gasteiger charge is -2.50. The van der Waals surface area contributed by atoms with Crippen LogP contribution in [0.4, 0.5) is 28.4 Å². The second kappa shape index (κ2) is 13.3. The maximum absolute atomic E-state index is 7.47. The fraction of sp³-hybridized carbons (Fsp3) is 0.474. The minimum Gasteiger partial charge on any atom is -0.470 e. The molecule has 4 aliphatic rings. The highest BCUT2D eigenvalue weighted by Gasteiger charge is 2.56. The van der Waals surface area contributed by atoms with E-state index >= 15 is 0 Å². The van der Waals surface area contributed by atoms with Crippen LogP contribution in [0, 0.1) is 6.92 Å². The average Bonchev–Trinajstić information content (AvgIpc) is 3.53. The number of aryl methyl sites for hydroxylation is 1. The van der Waals surface area contributed by atoms with Gasteiger partial charge in [0.25, 0.3) is 0 Å². The molecular formula is C57H71BN2O. The zero-order chi connectivity index (χ0) is 44.1. The van der Waals surface area contributed by atoms with E-state index in [1.165, 1.54) is 96.7 Å². The molecule has 61 heavy (non-hydrogen) atoms. The zero-order valence-corrected chi connectivity index (χ0v) is 40.5. The van der Waals surface area contributed by atoms with Crippen molar-refractivity contribution < 1.29 is 4.74 Å². The molecule has 0 saturated carbocycles. The van der Waals surface area contributed by atoms with Crippen LogP contribution in [0.5, 0.6) is 5.75 Å². The van der Waals surface area contributed by atoms with Crippen molar-refractivity contribution in [1.29, 1.82) is 0 Å². The third kappa shape index (κ3) is 6.76. The summed E-state index contributed by atoms with van der Waals surface area (Å²) in [6.07, 6.45) is 2.12. The van der Waals surface area contributed by atoms with E-state index in [0.717, 1.165) is 5.75 Å². The third-order valence-corrected chi connectivity index (χ3v) is 15.0. The molecule has 0 radical (unpaired) electrons. The Morgan fingerprint density at radius 3 is 1.69 bits per heavy atom. The molecule has 0 spiro atoms. The molecule has 1 aliphatic carbocycles. The molecule has 0 aromatic heterocycles. The normalized spacial score (nSPS) is 20.0. The van der Waals surface area contributed by atoms with Gasteiger partial charge in [-0.3, -0.25) is 0 Å². The van der Waals surface area contributed by atoms with Crippen molar-refractivity contribution >= 4 is 46.1 Å². The largest absolute Gasteiger partial charge is 0.470 e. The number of fused-ring (bicyclic) bond motifs is 7. The molecule has 5 aromatic carbocycles. The van der Waals surface area contributed by atoms with Crippen molar-refractivity contribution in [3.05, 3.63) is 129 Å². The maximum atomic E-state index is 7.47. The molecule has 3 heterocycles. The Morgan fingerprint density at radius 2 is 1.10 bits per heavy atom. The lowest BCUT2D eigenvalue weighted by atomic mass is 9.29. The molecule has 0 fully saturated rings. The average molecular weight is 811 g/mol. The van der Waals surface area contributed by atoms with Crippen molar-refractivity contribution in [3.8, 4) is 5.75 Å². The lowest BCUT2D eigenvalue weighted by Crippen LogP contribution is -2.63. The van der Waals surface area contributed by atoms with E-state index < -0.39 is 0 Å². The van der Waals surface area contributed by atoms with Gasteiger partial charge in [0.2, 0.25) is 6.71 Å². The number of rotatable bonds is 2. The molecular weight excluding hydrogens is 739 g/mol. The first kappa shape index (κ1) is 41.9. The molecule has 2 atom stereocenters. The van der Waals surface area contributed by atoms with Gasteiger partial charge >= 0.3 is 0 Å². The second-order valence-electron chi connectivity index (χ2n) is 24.7. The fourth-order valence-corrected chi connectivity index (χ4v) is 10.9. The molecule has 318 valence electrons. The van der Waals surface area contributed by atoms with Gasteiger partial charge in [-0.1, -0.05) is 147 Å². The highest BCUT2D eigenvalue weighted by atomic mass is 16.5. The SMILES string of the molecule is Cc1cc2c3c(c1)N(c1cc(C(C)(C)C)cc(C(C)(C)C)c1)C1Oc4ccc(C(C)(C)C)cc4C1B3c1cc3c(cc1N2c1cccc(C(C)(C)C)c1)C(C)(C)CCC3(C)C. The number of hydrogen-bond acceptors (Lipinski definition) is 3. The minimum absolute atomic E-state index is 0.00166. The van der Waals surface area contributed by atoms with Gasteiger partial charge in [-0.2, -0.15) is 0 Å². The molecule has 4 heteroatoms. The van der Waals surface area contributed by atoms with Gasteiger partial charge < -0.3 is 14.5 Å². The van der Waals surface area contributed by atoms with E-state index in [1.807, 2.05) is 0 Å². The summed E-state index contributed by atoms with van der Waals surface area (Å²) in [5, 5.41) is 0. The van der Waals surface area contributed by atoms with Gasteiger partial charge in [-0.25, -0.2) is 0 Å². The number of benzene rings is 5. The van der Waals surface area contributed by atoms with Gasteiger partial charge in [-0.15, -0.1) is 0 Å². The zero-order valence-electron chi connectivity index (χ0n) is 40.5. The van der Waals surface area contributed by atoms with E-state index in [-0.39, 0.29) is 51.2 Å². The van der Waals surface area contributed by atoms with Gasteiger partial charge in [0, 0.05) is 34.3 Å². The number of ether oxygens (including phenoxy) is 1. The second-order valence-corrected chi connectivity index (χ2v) is 24.7. The van der Waals surface area contributed by atoms with Gasteiger partial charge in [0.05, 0.1) is 0 Å². The molecule has 0 amide bonds. The predicted octanol–water partition coefficient (Wildman–Crippen LogP) is 14.1. The Bertz CT molecular complexity index is 2570. The first-order valence-electron chi connectivity index (χ1n) is 23.2. The smallest absolute Gasteiger partial charge is 0.231 e. The standard InChI is InChI=1S/C57H71BN2O/c1-34-25-46-50-47(26-34)60(40-29-37(54(8,9)10)27-38(30-40)55(11,12)13)51-49(41-31-36(53(5,6)7)21-22-48(41)61-51)58(50)44-32-42-43(57(16,17)24-23-56(42,14)15)33-45(44)59(46)39-20-18-19-35(28-39)52(2,3)4/h18-22,25-33,49,51H,23-24H2,1-17H3. The van der Waals surface area contributed by atoms with Crippen LogP contribution >= 0.6 is 0 Å². The van der Waals surface area contributed by atoms with Crippen molar-refractivity contribution in [3.63, 3.8) is 0 Å². The quantitative estimate of drug-likeness (QED) is 0.165. The maximum Gasteiger partial charge on any atom is 0.231 e. The lowest BCUT2D eigenvalue weighted by molar-refractivity contribution is 0.232. The molecule has 2 unspecified atom stereocenters. The van der Waals surface area contributed by atoms with Crippen LogP contribution in [0.25, 0.3) is 0 Å². The highest BCUT2D eigenvalue weighted by Crippen LogP contribution is 2.55. The monoisotopic (exact) mass is 811 g/mol. The number of anilines is 5. The van der Waals surface area contributed by atoms with Gasteiger partial charge in [-0.05, 0) is 156 Å². The van der Waals surface area contributed by atoms with Gasteiger partial charge in [0.1, 0.15) is 5.75 Å². The summed E-state index contributed by atoms with van der Waals surface area (Å²) in [7, 11) is 0. The summed E-state index contributed by atoms with van der Waals surface area (Å²) >= 11 is 0. The van der Waals surface area contributed by atoms with E-state index in [9.17, 15) is 0 Å². The number of nitrogens with zero attached hydrogens (tertiary/aromatic N) is 2. The molecule has 5 aromatic rings. The number of hydrogen-bond donors (Lipinski definition) is 0. The van der Waals surface area contributed by atoms with Crippen LogP contribution in [-0.2, 0) is 32.5 Å². The molecule has 0 bridgehead atoms. The first-order chi connectivity index (χ1) is 28.1. The Morgan fingerprint density at radius 1 is 0.557 bits per heavy atom. The van der Waals surface area contributed by atoms with Crippen molar-refractivity contribution in [1.82, 2.24) is 0 Å².